The van der Waals surface area contributed by atoms with Crippen LogP contribution in [-0.2, 0) is 41.9 Å². The number of H-pyrrole nitrogens is 1. The lowest BCUT2D eigenvalue weighted by Gasteiger charge is -2.11. The predicted molar refractivity (Wildman–Crippen MR) is 229 cm³/mol. The lowest BCUT2D eigenvalue weighted by Crippen LogP contribution is -2.15. The third-order valence-corrected chi connectivity index (χ3v) is 14.8. The zero-order valence-corrected chi connectivity index (χ0v) is 36.7. The third kappa shape index (κ3) is 11.0. The summed E-state index contributed by atoms with van der Waals surface area (Å²) in [7, 11) is -11.1. The topological polar surface area (TPSA) is 200 Å². The van der Waals surface area contributed by atoms with Gasteiger partial charge in [-0.3, -0.25) is 15.1 Å². The van der Waals surface area contributed by atoms with Crippen LogP contribution >= 0.6 is 0 Å². The highest BCUT2D eigenvalue weighted by molar-refractivity contribution is 7.94. The molecule has 1 N–H and O–H groups in total. The fourth-order valence-corrected chi connectivity index (χ4v) is 9.52. The number of rotatable bonds is 9. The van der Waals surface area contributed by atoms with Crippen molar-refractivity contribution in [3.05, 3.63) is 133 Å². The number of halogens is 6. The van der Waals surface area contributed by atoms with E-state index in [0.717, 1.165) is 35.7 Å². The summed E-state index contributed by atoms with van der Waals surface area (Å²) in [5.74, 6) is -0.530. The summed E-state index contributed by atoms with van der Waals surface area (Å²) in [5.41, 5.74) is 1.12. The highest BCUT2D eigenvalue weighted by Crippen LogP contribution is 2.32. The van der Waals surface area contributed by atoms with Gasteiger partial charge in [-0.1, -0.05) is 81.4 Å². The highest BCUT2D eigenvalue weighted by Gasteiger charge is 2.34. The first-order valence-corrected chi connectivity index (χ1v) is 24.1. The second kappa shape index (κ2) is 18.9. The van der Waals surface area contributed by atoms with E-state index in [-0.39, 0.29) is 43.4 Å². The molecular formula is C42H36F6N8O6S3. The highest BCUT2D eigenvalue weighted by atomic mass is 32.2. The zero-order chi connectivity index (χ0) is 47.4. The molecule has 6 heterocycles. The molecule has 8 rings (SSSR count). The molecule has 8 aromatic rings. The maximum absolute atomic E-state index is 12.9. The SMILES string of the molecule is CCS(=O)(=O)c1cc(-c2ccccc2)cnc1-n1cc2cnc(C(F)(F)F)cc2n1.CCS(=O)(=O)c1cc(-c2ccccc2)cnc1S(=O)(=O)CC.FC(F)(F)c1cc2[nH]ncc2cn1. The third-order valence-electron chi connectivity index (χ3n) is 9.48. The fourth-order valence-electron chi connectivity index (χ4n) is 5.92. The van der Waals surface area contributed by atoms with Crippen molar-refractivity contribution in [2.75, 3.05) is 17.3 Å². The van der Waals surface area contributed by atoms with Crippen LogP contribution in [0.1, 0.15) is 32.2 Å². The Morgan fingerprint density at radius 3 is 1.57 bits per heavy atom. The first-order chi connectivity index (χ1) is 30.6. The van der Waals surface area contributed by atoms with Crippen molar-refractivity contribution in [3.63, 3.8) is 0 Å². The van der Waals surface area contributed by atoms with Gasteiger partial charge in [0, 0.05) is 52.9 Å². The van der Waals surface area contributed by atoms with Crippen LogP contribution in [0.5, 0.6) is 0 Å². The molecule has 0 atom stereocenters. The number of fused-ring (bicyclic) bond motifs is 2. The van der Waals surface area contributed by atoms with Crippen molar-refractivity contribution in [1.29, 1.82) is 0 Å². The van der Waals surface area contributed by atoms with Gasteiger partial charge in [0.2, 0.25) is 0 Å². The molecule has 0 spiro atoms. The number of alkyl halides is 6. The maximum atomic E-state index is 12.9. The van der Waals surface area contributed by atoms with Gasteiger partial charge in [0.15, 0.2) is 40.4 Å². The Labute approximate surface area is 368 Å². The first kappa shape index (κ1) is 47.9. The van der Waals surface area contributed by atoms with Crippen molar-refractivity contribution < 1.29 is 51.6 Å². The molecule has 0 aliphatic rings. The summed E-state index contributed by atoms with van der Waals surface area (Å²) in [6.45, 7) is 4.45. The molecule has 2 aromatic carbocycles. The van der Waals surface area contributed by atoms with Gasteiger partial charge < -0.3 is 0 Å². The molecule has 14 nitrogen and oxygen atoms in total. The molecule has 6 aromatic heterocycles. The Morgan fingerprint density at radius 2 is 1.03 bits per heavy atom. The van der Waals surface area contributed by atoms with E-state index in [1.54, 1.807) is 0 Å². The van der Waals surface area contributed by atoms with Gasteiger partial charge in [0.05, 0.1) is 34.5 Å². The van der Waals surface area contributed by atoms with Crippen LogP contribution < -0.4 is 0 Å². The molecule has 0 bridgehead atoms. The number of hydrogen-bond donors (Lipinski definition) is 1. The minimum absolute atomic E-state index is 0.0151. The molecule has 0 saturated heterocycles. The van der Waals surface area contributed by atoms with Crippen molar-refractivity contribution >= 4 is 51.3 Å². The summed E-state index contributed by atoms with van der Waals surface area (Å²) in [5, 5.41) is 10.7. The summed E-state index contributed by atoms with van der Waals surface area (Å²) < 4.78 is 151. The molecule has 0 aliphatic carbocycles. The number of aromatic amines is 1. The zero-order valence-electron chi connectivity index (χ0n) is 34.2. The second-order valence-electron chi connectivity index (χ2n) is 13.7. The van der Waals surface area contributed by atoms with Crippen LogP contribution in [0.2, 0.25) is 0 Å². The van der Waals surface area contributed by atoms with Gasteiger partial charge >= 0.3 is 12.4 Å². The van der Waals surface area contributed by atoms with Gasteiger partial charge in [-0.05, 0) is 35.4 Å². The summed E-state index contributed by atoms with van der Waals surface area (Å²) in [6.07, 6.45) is -1.10. The lowest BCUT2D eigenvalue weighted by atomic mass is 10.1. The van der Waals surface area contributed by atoms with Gasteiger partial charge in [-0.15, -0.1) is 0 Å². The Kier molecular flexibility index (Phi) is 13.9. The number of nitrogens with one attached hydrogen (secondary N) is 1. The fraction of sp³-hybridized carbons (Fsp3) is 0.190. The number of sulfone groups is 3. The Balaban J connectivity index is 0.000000175. The monoisotopic (exact) mass is 958 g/mol. The maximum Gasteiger partial charge on any atom is 0.433 e. The second-order valence-corrected chi connectivity index (χ2v) is 20.4. The molecule has 0 aliphatic heterocycles. The van der Waals surface area contributed by atoms with Crippen LogP contribution in [0, 0.1) is 0 Å². The van der Waals surface area contributed by atoms with Crippen molar-refractivity contribution in [1.82, 2.24) is 39.9 Å². The Morgan fingerprint density at radius 1 is 0.538 bits per heavy atom. The van der Waals surface area contributed by atoms with E-state index in [4.69, 9.17) is 0 Å². The van der Waals surface area contributed by atoms with E-state index in [0.29, 0.717) is 27.4 Å². The van der Waals surface area contributed by atoms with E-state index < -0.39 is 53.3 Å². The number of benzene rings is 2. The average Bonchev–Trinajstić information content (AvgIpc) is 3.96. The summed E-state index contributed by atoms with van der Waals surface area (Å²) in [6, 6.07) is 22.9. The van der Waals surface area contributed by atoms with Crippen molar-refractivity contribution in [2.24, 2.45) is 0 Å². The Hall–Kier alpha value is -6.59. The van der Waals surface area contributed by atoms with Crippen LogP contribution in [0.15, 0.2) is 137 Å². The van der Waals surface area contributed by atoms with E-state index in [1.165, 1.54) is 62.4 Å². The molecule has 0 fully saturated rings. The first-order valence-electron chi connectivity index (χ1n) is 19.2. The number of pyridine rings is 4. The van der Waals surface area contributed by atoms with Gasteiger partial charge in [-0.25, -0.2) is 39.9 Å². The normalized spacial score (nSPS) is 12.3. The van der Waals surface area contributed by atoms with E-state index in [9.17, 15) is 51.6 Å². The average molecular weight is 959 g/mol. The number of nitrogens with zero attached hydrogens (tertiary/aromatic N) is 7. The molecule has 23 heteroatoms. The quantitative estimate of drug-likeness (QED) is 0.135. The van der Waals surface area contributed by atoms with Crippen molar-refractivity contribution in [2.45, 2.75) is 47.9 Å². The molecule has 0 saturated carbocycles. The van der Waals surface area contributed by atoms with Gasteiger partial charge in [-0.2, -0.15) is 36.5 Å². The Bertz CT molecular complexity index is 3310. The standard InChI is InChI=1S/C20H15F3N4O2S.C15H17NO4S2.C7H4F3N3/c1-2-30(28,29)17-8-14(13-6-4-3-5-7-13)10-25-19(17)27-12-15-11-24-18(20(21,22)23)9-16(15)26-27;1-3-21(17,18)14-10-13(12-8-6-5-7-9-12)11-16-15(14)22(19,20)4-2;8-7(9,10)6-1-5-4(2-11-6)3-12-13-5/h3-12H,2H2,1H3;5-11H,3-4H2,1-2H3;1-3H,(H,12,13). The van der Waals surface area contributed by atoms with Crippen molar-refractivity contribution in [3.8, 4) is 28.1 Å². The lowest BCUT2D eigenvalue weighted by molar-refractivity contribution is -0.141. The summed E-state index contributed by atoms with van der Waals surface area (Å²) >= 11 is 0. The minimum atomic E-state index is -4.61. The molecule has 0 amide bonds. The molecule has 0 radical (unpaired) electrons. The van der Waals surface area contributed by atoms with Crippen LogP contribution in [-0.4, -0.2) is 82.4 Å². The molecule has 65 heavy (non-hydrogen) atoms. The van der Waals surface area contributed by atoms with E-state index in [2.05, 4.69) is 35.2 Å². The molecule has 0 unspecified atom stereocenters. The molecule has 340 valence electrons. The predicted octanol–water partition coefficient (Wildman–Crippen LogP) is 8.61. The number of hydrogen-bond acceptors (Lipinski definition) is 12. The number of aromatic nitrogens is 8. The summed E-state index contributed by atoms with van der Waals surface area (Å²) in [4.78, 5) is 14.6. The van der Waals surface area contributed by atoms with E-state index >= 15 is 0 Å². The van der Waals surface area contributed by atoms with Gasteiger partial charge in [0.25, 0.3) is 0 Å². The van der Waals surface area contributed by atoms with Crippen LogP contribution in [0.3, 0.4) is 0 Å². The minimum Gasteiger partial charge on any atom is -0.278 e. The molecular weight excluding hydrogens is 923 g/mol. The van der Waals surface area contributed by atoms with Crippen LogP contribution in [0.25, 0.3) is 49.9 Å². The largest absolute Gasteiger partial charge is 0.433 e. The smallest absolute Gasteiger partial charge is 0.278 e. The van der Waals surface area contributed by atoms with Gasteiger partial charge in [0.1, 0.15) is 21.2 Å². The van der Waals surface area contributed by atoms with E-state index in [1.807, 2.05) is 60.7 Å². The van der Waals surface area contributed by atoms with Crippen LogP contribution in [0.4, 0.5) is 26.3 Å².